The van der Waals surface area contributed by atoms with Crippen molar-refractivity contribution in [2.45, 2.75) is 26.7 Å². The van der Waals surface area contributed by atoms with Crippen molar-refractivity contribution in [3.63, 3.8) is 0 Å². The standard InChI is InChI=1S/C11H16O/c1-5-9(3)7-8-10(4)11(12)6-2/h7-8H,3-6H2,1-2H3. The minimum absolute atomic E-state index is 0.0927. The quantitative estimate of drug-likeness (QED) is 0.451. The average molecular weight is 164 g/mol. The monoisotopic (exact) mass is 164 g/mol. The van der Waals surface area contributed by atoms with E-state index in [0.29, 0.717) is 12.0 Å². The predicted octanol–water partition coefficient (Wildman–Crippen LogP) is 3.04. The summed E-state index contributed by atoms with van der Waals surface area (Å²) < 4.78 is 0. The fourth-order valence-corrected chi connectivity index (χ4v) is 0.656. The first-order valence-electron chi connectivity index (χ1n) is 4.19. The molecule has 0 unspecified atom stereocenters. The van der Waals surface area contributed by atoms with E-state index in [0.717, 1.165) is 12.0 Å². The van der Waals surface area contributed by atoms with Gasteiger partial charge in [-0.05, 0) is 6.42 Å². The largest absolute Gasteiger partial charge is 0.294 e. The Morgan fingerprint density at radius 3 is 2.17 bits per heavy atom. The van der Waals surface area contributed by atoms with Crippen molar-refractivity contribution in [1.82, 2.24) is 0 Å². The lowest BCUT2D eigenvalue weighted by Gasteiger charge is -1.95. The van der Waals surface area contributed by atoms with Gasteiger partial charge >= 0.3 is 0 Å². The maximum Gasteiger partial charge on any atom is 0.162 e. The molecule has 0 aromatic heterocycles. The van der Waals surface area contributed by atoms with Crippen molar-refractivity contribution in [3.8, 4) is 0 Å². The van der Waals surface area contributed by atoms with Crippen molar-refractivity contribution < 1.29 is 4.79 Å². The molecule has 0 aliphatic rings. The lowest BCUT2D eigenvalue weighted by Crippen LogP contribution is -1.95. The van der Waals surface area contributed by atoms with E-state index in [4.69, 9.17) is 0 Å². The Kier molecular flexibility index (Phi) is 5.02. The highest BCUT2D eigenvalue weighted by Gasteiger charge is 1.98. The number of Topliss-reactive ketones (excluding diaryl/α,β-unsaturated/α-hetero) is 1. The lowest BCUT2D eigenvalue weighted by atomic mass is 10.1. The van der Waals surface area contributed by atoms with Gasteiger partial charge in [0.15, 0.2) is 5.78 Å². The number of carbonyl (C=O) groups is 1. The Morgan fingerprint density at radius 2 is 1.75 bits per heavy atom. The summed E-state index contributed by atoms with van der Waals surface area (Å²) >= 11 is 0. The van der Waals surface area contributed by atoms with E-state index in [1.807, 2.05) is 19.9 Å². The van der Waals surface area contributed by atoms with Gasteiger partial charge in [-0.3, -0.25) is 4.79 Å². The fourth-order valence-electron chi connectivity index (χ4n) is 0.656. The van der Waals surface area contributed by atoms with Crippen LogP contribution in [0.15, 0.2) is 36.5 Å². The van der Waals surface area contributed by atoms with Gasteiger partial charge in [0, 0.05) is 12.0 Å². The van der Waals surface area contributed by atoms with Gasteiger partial charge in [0.05, 0.1) is 0 Å². The molecule has 1 heteroatoms. The maximum atomic E-state index is 11.0. The number of carbonyl (C=O) groups excluding carboxylic acids is 1. The summed E-state index contributed by atoms with van der Waals surface area (Å²) in [6, 6.07) is 0. The molecule has 0 aromatic carbocycles. The van der Waals surface area contributed by atoms with Gasteiger partial charge in [-0.1, -0.05) is 44.7 Å². The van der Waals surface area contributed by atoms with Crippen molar-refractivity contribution in [2.24, 2.45) is 0 Å². The van der Waals surface area contributed by atoms with Gasteiger partial charge in [0.25, 0.3) is 0 Å². The zero-order valence-corrected chi connectivity index (χ0v) is 7.89. The van der Waals surface area contributed by atoms with Crippen LogP contribution in [0.3, 0.4) is 0 Å². The third kappa shape index (κ3) is 3.91. The summed E-state index contributed by atoms with van der Waals surface area (Å²) in [6.45, 7) is 11.3. The molecule has 0 atom stereocenters. The highest BCUT2D eigenvalue weighted by molar-refractivity contribution is 5.97. The second-order valence-corrected chi connectivity index (χ2v) is 2.65. The fraction of sp³-hybridized carbons (Fsp3) is 0.364. The molecule has 0 heterocycles. The van der Waals surface area contributed by atoms with Crippen LogP contribution in [-0.4, -0.2) is 5.78 Å². The van der Waals surface area contributed by atoms with Crippen LogP contribution in [0, 0.1) is 0 Å². The summed E-state index contributed by atoms with van der Waals surface area (Å²) in [7, 11) is 0. The number of hydrogen-bond acceptors (Lipinski definition) is 1. The van der Waals surface area contributed by atoms with E-state index in [2.05, 4.69) is 13.2 Å². The highest BCUT2D eigenvalue weighted by atomic mass is 16.1. The Morgan fingerprint density at radius 1 is 1.17 bits per heavy atom. The molecule has 0 bridgehead atoms. The minimum Gasteiger partial charge on any atom is -0.294 e. The van der Waals surface area contributed by atoms with Crippen molar-refractivity contribution in [2.75, 3.05) is 0 Å². The topological polar surface area (TPSA) is 17.1 Å². The van der Waals surface area contributed by atoms with Crippen LogP contribution in [0.1, 0.15) is 26.7 Å². The molecule has 0 rings (SSSR count). The number of rotatable bonds is 5. The second kappa shape index (κ2) is 5.53. The zero-order valence-electron chi connectivity index (χ0n) is 7.89. The van der Waals surface area contributed by atoms with Crippen LogP contribution in [0.4, 0.5) is 0 Å². The molecular formula is C11H16O. The lowest BCUT2D eigenvalue weighted by molar-refractivity contribution is -0.114. The van der Waals surface area contributed by atoms with Crippen LogP contribution in [-0.2, 0) is 4.79 Å². The van der Waals surface area contributed by atoms with Gasteiger partial charge in [-0.25, -0.2) is 0 Å². The van der Waals surface area contributed by atoms with Crippen LogP contribution in [0.2, 0.25) is 0 Å². The number of allylic oxidation sites excluding steroid dienone is 4. The van der Waals surface area contributed by atoms with Gasteiger partial charge in [0.2, 0.25) is 0 Å². The number of hydrogen-bond donors (Lipinski definition) is 0. The highest BCUT2D eigenvalue weighted by Crippen LogP contribution is 2.03. The number of ketones is 1. The third-order valence-corrected chi connectivity index (χ3v) is 1.65. The van der Waals surface area contributed by atoms with E-state index in [1.165, 1.54) is 0 Å². The Labute approximate surface area is 74.5 Å². The molecule has 0 aliphatic heterocycles. The van der Waals surface area contributed by atoms with Crippen LogP contribution < -0.4 is 0 Å². The summed E-state index contributed by atoms with van der Waals surface area (Å²) in [4.78, 5) is 11.0. The van der Waals surface area contributed by atoms with E-state index >= 15 is 0 Å². The van der Waals surface area contributed by atoms with E-state index in [-0.39, 0.29) is 5.78 Å². The Hall–Kier alpha value is -1.11. The Balaban J connectivity index is 4.09. The molecule has 0 spiro atoms. The molecular weight excluding hydrogens is 148 g/mol. The summed E-state index contributed by atoms with van der Waals surface area (Å²) in [5.74, 6) is 0.0927. The molecule has 0 saturated carbocycles. The van der Waals surface area contributed by atoms with Crippen molar-refractivity contribution in [3.05, 3.63) is 36.5 Å². The minimum atomic E-state index is 0.0927. The van der Waals surface area contributed by atoms with Crippen molar-refractivity contribution in [1.29, 1.82) is 0 Å². The van der Waals surface area contributed by atoms with Gasteiger partial charge in [-0.15, -0.1) is 0 Å². The maximum absolute atomic E-state index is 11.0. The van der Waals surface area contributed by atoms with Crippen molar-refractivity contribution >= 4 is 5.78 Å². The smallest absolute Gasteiger partial charge is 0.162 e. The molecule has 0 aromatic rings. The molecule has 66 valence electrons. The molecule has 0 radical (unpaired) electrons. The third-order valence-electron chi connectivity index (χ3n) is 1.65. The SMILES string of the molecule is C=C(C=CC(=C)C(=O)CC)CC. The molecule has 0 saturated heterocycles. The summed E-state index contributed by atoms with van der Waals surface area (Å²) in [5.41, 5.74) is 1.58. The summed E-state index contributed by atoms with van der Waals surface area (Å²) in [6.07, 6.45) is 5.00. The van der Waals surface area contributed by atoms with Gasteiger partial charge in [0.1, 0.15) is 0 Å². The van der Waals surface area contributed by atoms with E-state index < -0.39 is 0 Å². The molecule has 0 amide bonds. The Bertz CT molecular complexity index is 221. The van der Waals surface area contributed by atoms with E-state index in [9.17, 15) is 4.79 Å². The first kappa shape index (κ1) is 10.9. The normalized spacial score (nSPS) is 10.2. The van der Waals surface area contributed by atoms with Gasteiger partial charge in [-0.2, -0.15) is 0 Å². The first-order chi connectivity index (χ1) is 5.61. The average Bonchev–Trinajstić information content (AvgIpc) is 2.11. The van der Waals surface area contributed by atoms with Crippen LogP contribution >= 0.6 is 0 Å². The second-order valence-electron chi connectivity index (χ2n) is 2.65. The zero-order chi connectivity index (χ0) is 9.56. The van der Waals surface area contributed by atoms with Crippen LogP contribution in [0.25, 0.3) is 0 Å². The molecule has 1 nitrogen and oxygen atoms in total. The molecule has 0 N–H and O–H groups in total. The predicted molar refractivity (Wildman–Crippen MR) is 53.0 cm³/mol. The van der Waals surface area contributed by atoms with Crippen LogP contribution in [0.5, 0.6) is 0 Å². The van der Waals surface area contributed by atoms with Gasteiger partial charge < -0.3 is 0 Å². The molecule has 0 fully saturated rings. The summed E-state index contributed by atoms with van der Waals surface area (Å²) in [5, 5.41) is 0. The molecule has 12 heavy (non-hydrogen) atoms. The molecule has 0 aliphatic carbocycles. The van der Waals surface area contributed by atoms with E-state index in [1.54, 1.807) is 6.08 Å². The first-order valence-corrected chi connectivity index (χ1v) is 4.19.